The maximum Gasteiger partial charge on any atom is 0.222 e. The van der Waals surface area contributed by atoms with E-state index >= 15 is 0 Å². The Hall–Kier alpha value is -2.63. The number of hydrogen-bond acceptors (Lipinski definition) is 5. The second-order valence-electron chi connectivity index (χ2n) is 4.01. The van der Waals surface area contributed by atoms with Crippen LogP contribution in [-0.2, 0) is 4.79 Å². The summed E-state index contributed by atoms with van der Waals surface area (Å²) in [7, 11) is 1.77. The smallest absolute Gasteiger partial charge is 0.222 e. The van der Waals surface area contributed by atoms with Crippen LogP contribution in [0.4, 0.5) is 17.5 Å². The van der Waals surface area contributed by atoms with E-state index in [0.717, 1.165) is 16.9 Å². The van der Waals surface area contributed by atoms with Gasteiger partial charge in [0, 0.05) is 31.3 Å². The highest BCUT2D eigenvalue weighted by atomic mass is 16.1. The summed E-state index contributed by atoms with van der Waals surface area (Å²) in [5.74, 6) is 0.776. The Labute approximate surface area is 111 Å². The molecule has 1 amide bonds. The Bertz CT molecular complexity index is 594. The van der Waals surface area contributed by atoms with Gasteiger partial charge in [0.25, 0.3) is 0 Å². The molecule has 1 aromatic carbocycles. The van der Waals surface area contributed by atoms with Gasteiger partial charge >= 0.3 is 0 Å². The van der Waals surface area contributed by atoms with Gasteiger partial charge in [-0.05, 0) is 12.1 Å². The van der Waals surface area contributed by atoms with Gasteiger partial charge in [0.15, 0.2) is 0 Å². The SMILES string of the molecule is CNc1cc(-c2ccc(NC(C)=O)cc2)nc(N)n1. The molecule has 0 aliphatic rings. The summed E-state index contributed by atoms with van der Waals surface area (Å²) in [5, 5.41) is 5.64. The third-order valence-corrected chi connectivity index (χ3v) is 2.50. The highest BCUT2D eigenvalue weighted by Gasteiger charge is 2.04. The van der Waals surface area contributed by atoms with Crippen LogP contribution in [0.2, 0.25) is 0 Å². The monoisotopic (exact) mass is 257 g/mol. The predicted octanol–water partition coefficient (Wildman–Crippen LogP) is 1.73. The molecule has 6 nitrogen and oxygen atoms in total. The molecule has 0 aliphatic carbocycles. The van der Waals surface area contributed by atoms with Crippen molar-refractivity contribution in [3.63, 3.8) is 0 Å². The first-order valence-corrected chi connectivity index (χ1v) is 5.79. The van der Waals surface area contributed by atoms with Crippen LogP contribution in [0.25, 0.3) is 11.3 Å². The van der Waals surface area contributed by atoms with Crippen molar-refractivity contribution < 1.29 is 4.79 Å². The standard InChI is InChI=1S/C13H15N5O/c1-8(19)16-10-5-3-9(4-6-10)11-7-12(15-2)18-13(14)17-11/h3-7H,1-2H3,(H,16,19)(H3,14,15,17,18). The number of nitrogens with zero attached hydrogens (tertiary/aromatic N) is 2. The van der Waals surface area contributed by atoms with Crippen LogP contribution >= 0.6 is 0 Å². The van der Waals surface area contributed by atoms with Crippen molar-refractivity contribution in [2.45, 2.75) is 6.92 Å². The van der Waals surface area contributed by atoms with E-state index in [1.165, 1.54) is 6.92 Å². The molecule has 2 aromatic rings. The molecule has 19 heavy (non-hydrogen) atoms. The van der Waals surface area contributed by atoms with Gasteiger partial charge in [0.05, 0.1) is 5.69 Å². The van der Waals surface area contributed by atoms with Crippen molar-refractivity contribution in [3.8, 4) is 11.3 Å². The first kappa shape index (κ1) is 12.8. The minimum atomic E-state index is -0.100. The number of anilines is 3. The second kappa shape index (κ2) is 5.34. The number of benzene rings is 1. The Morgan fingerprint density at radius 3 is 2.47 bits per heavy atom. The summed E-state index contributed by atoms with van der Waals surface area (Å²) in [6.07, 6.45) is 0. The van der Waals surface area contributed by atoms with Crippen molar-refractivity contribution in [2.75, 3.05) is 23.4 Å². The number of amides is 1. The molecule has 0 unspecified atom stereocenters. The molecule has 0 radical (unpaired) electrons. The molecule has 4 N–H and O–H groups in total. The number of nitrogens with one attached hydrogen (secondary N) is 2. The molecule has 1 heterocycles. The van der Waals surface area contributed by atoms with Crippen LogP contribution < -0.4 is 16.4 Å². The van der Waals surface area contributed by atoms with Crippen LogP contribution in [0.15, 0.2) is 30.3 Å². The highest BCUT2D eigenvalue weighted by molar-refractivity contribution is 5.88. The normalized spacial score (nSPS) is 10.0. The van der Waals surface area contributed by atoms with E-state index < -0.39 is 0 Å². The third kappa shape index (κ3) is 3.19. The van der Waals surface area contributed by atoms with E-state index in [-0.39, 0.29) is 11.9 Å². The Morgan fingerprint density at radius 2 is 1.89 bits per heavy atom. The van der Waals surface area contributed by atoms with Gasteiger partial charge < -0.3 is 16.4 Å². The van der Waals surface area contributed by atoms with Crippen molar-refractivity contribution in [3.05, 3.63) is 30.3 Å². The fourth-order valence-corrected chi connectivity index (χ4v) is 1.67. The average Bonchev–Trinajstić information content (AvgIpc) is 2.38. The van der Waals surface area contributed by atoms with Gasteiger partial charge in [-0.25, -0.2) is 4.98 Å². The fraction of sp³-hybridized carbons (Fsp3) is 0.154. The van der Waals surface area contributed by atoms with Crippen LogP contribution in [0.3, 0.4) is 0 Å². The Kier molecular flexibility index (Phi) is 3.61. The van der Waals surface area contributed by atoms with Crippen molar-refractivity contribution in [2.24, 2.45) is 0 Å². The van der Waals surface area contributed by atoms with Crippen molar-refractivity contribution >= 4 is 23.4 Å². The minimum Gasteiger partial charge on any atom is -0.373 e. The summed E-state index contributed by atoms with van der Waals surface area (Å²) in [5.41, 5.74) is 8.02. The van der Waals surface area contributed by atoms with E-state index in [1.807, 2.05) is 30.3 Å². The summed E-state index contributed by atoms with van der Waals surface area (Å²) in [4.78, 5) is 19.2. The maximum absolute atomic E-state index is 10.9. The van der Waals surface area contributed by atoms with E-state index in [4.69, 9.17) is 5.73 Å². The summed E-state index contributed by atoms with van der Waals surface area (Å²) in [6, 6.07) is 9.17. The van der Waals surface area contributed by atoms with E-state index in [2.05, 4.69) is 20.6 Å². The van der Waals surface area contributed by atoms with Gasteiger partial charge in [-0.15, -0.1) is 0 Å². The molecule has 98 valence electrons. The fourth-order valence-electron chi connectivity index (χ4n) is 1.67. The number of carbonyl (C=O) groups excluding carboxylic acids is 1. The number of hydrogen-bond donors (Lipinski definition) is 3. The maximum atomic E-state index is 10.9. The lowest BCUT2D eigenvalue weighted by atomic mass is 10.1. The lowest BCUT2D eigenvalue weighted by Gasteiger charge is -2.07. The third-order valence-electron chi connectivity index (χ3n) is 2.50. The number of aromatic nitrogens is 2. The Morgan fingerprint density at radius 1 is 1.21 bits per heavy atom. The van der Waals surface area contributed by atoms with Crippen LogP contribution in [0.1, 0.15) is 6.92 Å². The van der Waals surface area contributed by atoms with Gasteiger partial charge in [0.1, 0.15) is 5.82 Å². The van der Waals surface area contributed by atoms with Gasteiger partial charge in [-0.1, -0.05) is 12.1 Å². The lowest BCUT2D eigenvalue weighted by molar-refractivity contribution is -0.114. The molecule has 0 fully saturated rings. The second-order valence-corrected chi connectivity index (χ2v) is 4.01. The first-order chi connectivity index (χ1) is 9.08. The molecule has 0 saturated carbocycles. The average molecular weight is 257 g/mol. The summed E-state index contributed by atoms with van der Waals surface area (Å²) in [6.45, 7) is 1.47. The number of rotatable bonds is 3. The van der Waals surface area contributed by atoms with Gasteiger partial charge in [-0.3, -0.25) is 4.79 Å². The molecular weight excluding hydrogens is 242 g/mol. The Balaban J connectivity index is 2.31. The van der Waals surface area contributed by atoms with Gasteiger partial charge in [0.2, 0.25) is 11.9 Å². The molecule has 0 atom stereocenters. The van der Waals surface area contributed by atoms with E-state index in [1.54, 1.807) is 7.05 Å². The van der Waals surface area contributed by atoms with E-state index in [0.29, 0.717) is 5.82 Å². The van der Waals surface area contributed by atoms with E-state index in [9.17, 15) is 4.79 Å². The topological polar surface area (TPSA) is 92.9 Å². The number of nitrogen functional groups attached to an aromatic ring is 1. The lowest BCUT2D eigenvalue weighted by Crippen LogP contribution is -2.05. The van der Waals surface area contributed by atoms with Crippen LogP contribution in [0.5, 0.6) is 0 Å². The predicted molar refractivity (Wildman–Crippen MR) is 75.7 cm³/mol. The van der Waals surface area contributed by atoms with Crippen LogP contribution in [0, 0.1) is 0 Å². The summed E-state index contributed by atoms with van der Waals surface area (Å²) < 4.78 is 0. The molecule has 1 aromatic heterocycles. The zero-order valence-electron chi connectivity index (χ0n) is 10.8. The van der Waals surface area contributed by atoms with Crippen molar-refractivity contribution in [1.82, 2.24) is 9.97 Å². The summed E-state index contributed by atoms with van der Waals surface area (Å²) >= 11 is 0. The molecule has 6 heteroatoms. The number of nitrogens with two attached hydrogens (primary N) is 1. The molecule has 0 saturated heterocycles. The molecular formula is C13H15N5O. The quantitative estimate of drug-likeness (QED) is 0.778. The highest BCUT2D eigenvalue weighted by Crippen LogP contribution is 2.22. The molecule has 0 aliphatic heterocycles. The molecule has 2 rings (SSSR count). The van der Waals surface area contributed by atoms with Crippen LogP contribution in [-0.4, -0.2) is 22.9 Å². The number of carbonyl (C=O) groups is 1. The molecule has 0 bridgehead atoms. The van der Waals surface area contributed by atoms with Crippen molar-refractivity contribution in [1.29, 1.82) is 0 Å². The largest absolute Gasteiger partial charge is 0.373 e. The first-order valence-electron chi connectivity index (χ1n) is 5.79. The molecule has 0 spiro atoms. The zero-order chi connectivity index (χ0) is 13.8. The van der Waals surface area contributed by atoms with Gasteiger partial charge in [-0.2, -0.15) is 4.98 Å². The minimum absolute atomic E-state index is 0.100. The zero-order valence-corrected chi connectivity index (χ0v) is 10.8.